The molecule has 2 amide bonds. The Morgan fingerprint density at radius 1 is 0.843 bits per heavy atom. The van der Waals surface area contributed by atoms with Gasteiger partial charge in [-0.2, -0.15) is 0 Å². The predicted molar refractivity (Wildman–Crippen MR) is 196 cm³/mol. The molecule has 1 aromatic carbocycles. The number of furan rings is 1. The van der Waals surface area contributed by atoms with E-state index in [0.29, 0.717) is 29.9 Å². The standard InChI is InChI=1S/C38H45N4O8P/c1-24-11-15-39-32(19-24)33-21-28(12-16-40-33)9-6-7-14-41-35(44)13-18-51(46,47-5)48-17-8-10-34(43)42-23-31-27(4)49-38-26(3)37-29(22-30(31)38)25(2)20-36(45)50-37/h11-12,15-16,19-22H,6-10,13-14,17-18,23H2,1-5H3,(H,41,44)(H,42,43). The molecule has 0 spiro atoms. The molecule has 0 radical (unpaired) electrons. The molecule has 0 saturated carbocycles. The summed E-state index contributed by atoms with van der Waals surface area (Å²) in [5.41, 5.74) is 7.02. The molecule has 0 saturated heterocycles. The van der Waals surface area contributed by atoms with E-state index in [9.17, 15) is 18.9 Å². The number of hydrogen-bond acceptors (Lipinski definition) is 10. The first-order chi connectivity index (χ1) is 24.5. The molecule has 0 bridgehead atoms. The molecule has 4 aromatic heterocycles. The largest absolute Gasteiger partial charge is 0.461 e. The fourth-order valence-electron chi connectivity index (χ4n) is 5.95. The lowest BCUT2D eigenvalue weighted by Gasteiger charge is -2.16. The molecule has 51 heavy (non-hydrogen) atoms. The number of carbonyl (C=O) groups excluding carboxylic acids is 2. The molecule has 13 heteroatoms. The number of rotatable bonds is 17. The lowest BCUT2D eigenvalue weighted by atomic mass is 10.0. The Balaban J connectivity index is 0.995. The average molecular weight is 717 g/mol. The van der Waals surface area contributed by atoms with Gasteiger partial charge in [0.25, 0.3) is 0 Å². The molecular formula is C38H45N4O8P. The van der Waals surface area contributed by atoms with Crippen LogP contribution in [0.4, 0.5) is 0 Å². The Kier molecular flexibility index (Phi) is 12.6. The fourth-order valence-corrected chi connectivity index (χ4v) is 7.25. The van der Waals surface area contributed by atoms with Crippen molar-refractivity contribution in [1.82, 2.24) is 20.6 Å². The Morgan fingerprint density at radius 3 is 2.33 bits per heavy atom. The van der Waals surface area contributed by atoms with Crippen LogP contribution in [-0.4, -0.2) is 48.2 Å². The van der Waals surface area contributed by atoms with Crippen LogP contribution in [0.5, 0.6) is 0 Å². The molecule has 0 aliphatic carbocycles. The zero-order chi connectivity index (χ0) is 36.5. The third kappa shape index (κ3) is 9.78. The van der Waals surface area contributed by atoms with Crippen LogP contribution in [0.1, 0.15) is 65.7 Å². The molecule has 0 fully saturated rings. The number of fused-ring (bicyclic) bond motifs is 2. The highest BCUT2D eigenvalue weighted by Crippen LogP contribution is 2.48. The summed E-state index contributed by atoms with van der Waals surface area (Å²) in [6, 6.07) is 11.4. The van der Waals surface area contributed by atoms with Crippen molar-refractivity contribution in [2.75, 3.05) is 26.4 Å². The molecule has 0 aliphatic heterocycles. The van der Waals surface area contributed by atoms with Crippen LogP contribution in [0.2, 0.25) is 0 Å². The van der Waals surface area contributed by atoms with Gasteiger partial charge in [0.05, 0.1) is 24.2 Å². The number of hydrogen-bond donors (Lipinski definition) is 2. The van der Waals surface area contributed by atoms with Crippen molar-refractivity contribution in [1.29, 1.82) is 0 Å². The molecule has 1 unspecified atom stereocenters. The van der Waals surface area contributed by atoms with Gasteiger partial charge in [0.2, 0.25) is 11.8 Å². The van der Waals surface area contributed by atoms with Gasteiger partial charge in [0.15, 0.2) is 0 Å². The van der Waals surface area contributed by atoms with Crippen molar-refractivity contribution in [2.45, 2.75) is 72.8 Å². The van der Waals surface area contributed by atoms with Crippen LogP contribution in [-0.2, 0) is 36.2 Å². The summed E-state index contributed by atoms with van der Waals surface area (Å²) in [4.78, 5) is 45.9. The number of aryl methyl sites for hydroxylation is 5. The average Bonchev–Trinajstić information content (AvgIpc) is 3.43. The first-order valence-corrected chi connectivity index (χ1v) is 18.9. The molecule has 5 rings (SSSR count). The van der Waals surface area contributed by atoms with E-state index in [1.165, 1.54) is 13.2 Å². The lowest BCUT2D eigenvalue weighted by molar-refractivity contribution is -0.121. The van der Waals surface area contributed by atoms with Crippen LogP contribution in [0.15, 0.2) is 62.4 Å². The predicted octanol–water partition coefficient (Wildman–Crippen LogP) is 7.01. The summed E-state index contributed by atoms with van der Waals surface area (Å²) in [5, 5.41) is 7.46. The highest BCUT2D eigenvalue weighted by Gasteiger charge is 2.24. The third-order valence-electron chi connectivity index (χ3n) is 8.83. The van der Waals surface area contributed by atoms with Crippen molar-refractivity contribution in [3.05, 3.63) is 92.8 Å². The van der Waals surface area contributed by atoms with E-state index in [0.717, 1.165) is 69.2 Å². The van der Waals surface area contributed by atoms with E-state index in [2.05, 4.69) is 20.6 Å². The number of amides is 2. The van der Waals surface area contributed by atoms with E-state index in [1.54, 1.807) is 12.4 Å². The Labute approximate surface area is 296 Å². The van der Waals surface area contributed by atoms with E-state index in [4.69, 9.17) is 17.9 Å². The third-order valence-corrected chi connectivity index (χ3v) is 10.7. The fraction of sp³-hybridized carbons (Fsp3) is 0.395. The molecule has 12 nitrogen and oxygen atoms in total. The van der Waals surface area contributed by atoms with Crippen LogP contribution in [0.25, 0.3) is 33.3 Å². The van der Waals surface area contributed by atoms with Gasteiger partial charge in [-0.1, -0.05) is 0 Å². The maximum atomic E-state index is 13.1. The number of carbonyl (C=O) groups is 2. The highest BCUT2D eigenvalue weighted by molar-refractivity contribution is 7.53. The topological polar surface area (TPSA) is 163 Å². The van der Waals surface area contributed by atoms with Crippen molar-refractivity contribution in [3.8, 4) is 11.4 Å². The molecule has 270 valence electrons. The Hall–Kier alpha value is -4.64. The second-order valence-corrected chi connectivity index (χ2v) is 15.0. The van der Waals surface area contributed by atoms with Gasteiger partial charge in [-0.25, -0.2) is 4.79 Å². The minimum Gasteiger partial charge on any atom is -0.461 e. The summed E-state index contributed by atoms with van der Waals surface area (Å²) in [5.74, 6) is 0.232. The van der Waals surface area contributed by atoms with Gasteiger partial charge in [-0.15, -0.1) is 0 Å². The van der Waals surface area contributed by atoms with Gasteiger partial charge >= 0.3 is 13.2 Å². The minimum atomic E-state index is -3.50. The summed E-state index contributed by atoms with van der Waals surface area (Å²) in [6.45, 7) is 8.35. The molecule has 5 aromatic rings. The van der Waals surface area contributed by atoms with Gasteiger partial charge < -0.3 is 28.5 Å². The van der Waals surface area contributed by atoms with E-state index < -0.39 is 13.2 Å². The van der Waals surface area contributed by atoms with Crippen molar-refractivity contribution < 1.29 is 32.0 Å². The second kappa shape index (κ2) is 17.0. The van der Waals surface area contributed by atoms with E-state index in [1.807, 2.05) is 58.0 Å². The zero-order valence-electron chi connectivity index (χ0n) is 29.8. The van der Waals surface area contributed by atoms with Crippen molar-refractivity contribution in [3.63, 3.8) is 0 Å². The maximum Gasteiger partial charge on any atom is 0.336 e. The Morgan fingerprint density at radius 2 is 1.57 bits per heavy atom. The number of nitrogens with one attached hydrogen (secondary N) is 2. The molecule has 0 aliphatic rings. The van der Waals surface area contributed by atoms with Gasteiger partial charge in [-0.3, -0.25) is 24.1 Å². The van der Waals surface area contributed by atoms with Gasteiger partial charge in [-0.05, 0) is 100 Å². The van der Waals surface area contributed by atoms with Crippen molar-refractivity contribution in [2.24, 2.45) is 0 Å². The summed E-state index contributed by atoms with van der Waals surface area (Å²) in [7, 11) is -2.20. The van der Waals surface area contributed by atoms with Crippen LogP contribution >= 0.6 is 7.60 Å². The number of nitrogens with zero attached hydrogens (tertiary/aromatic N) is 2. The first-order valence-electron chi connectivity index (χ1n) is 17.1. The number of benzene rings is 1. The van der Waals surface area contributed by atoms with E-state index in [-0.39, 0.29) is 44.0 Å². The summed E-state index contributed by atoms with van der Waals surface area (Å²) >= 11 is 0. The quantitative estimate of drug-likeness (QED) is 0.0581. The number of aromatic nitrogens is 2. The SMILES string of the molecule is COP(=O)(CCC(=O)NCCCCc1ccnc(-c2cc(C)ccn2)c1)OCCCC(=O)NCc1c(C)oc2c(C)c3oc(=O)cc(C)c3cc12. The monoisotopic (exact) mass is 716 g/mol. The lowest BCUT2D eigenvalue weighted by Crippen LogP contribution is -2.25. The summed E-state index contributed by atoms with van der Waals surface area (Å²) in [6.07, 6.45) is 6.50. The number of unbranched alkanes of at least 4 members (excludes halogenated alkanes) is 1. The second-order valence-electron chi connectivity index (χ2n) is 12.7. The summed E-state index contributed by atoms with van der Waals surface area (Å²) < 4.78 is 35.2. The van der Waals surface area contributed by atoms with Gasteiger partial charge in [0.1, 0.15) is 16.9 Å². The van der Waals surface area contributed by atoms with Crippen LogP contribution < -0.4 is 16.3 Å². The molecule has 2 N–H and O–H groups in total. The molecule has 1 atom stereocenters. The van der Waals surface area contributed by atoms with Crippen molar-refractivity contribution >= 4 is 41.3 Å². The van der Waals surface area contributed by atoms with Crippen LogP contribution in [0.3, 0.4) is 0 Å². The van der Waals surface area contributed by atoms with Crippen LogP contribution in [0, 0.1) is 27.7 Å². The highest BCUT2D eigenvalue weighted by atomic mass is 31.2. The molecular weight excluding hydrogens is 671 g/mol. The van der Waals surface area contributed by atoms with Gasteiger partial charge in [0, 0.05) is 73.4 Å². The Bertz CT molecular complexity index is 2140. The van der Waals surface area contributed by atoms with E-state index >= 15 is 0 Å². The normalized spacial score (nSPS) is 12.6. The smallest absolute Gasteiger partial charge is 0.336 e. The first kappa shape index (κ1) is 37.6. The zero-order valence-corrected chi connectivity index (χ0v) is 30.7. The number of pyridine rings is 2. The minimum absolute atomic E-state index is 0.00124. The maximum absolute atomic E-state index is 13.1. The molecule has 4 heterocycles.